The van der Waals surface area contributed by atoms with Crippen molar-refractivity contribution in [1.82, 2.24) is 4.57 Å². The first kappa shape index (κ1) is 29.6. The molecule has 2 atom stereocenters. The van der Waals surface area contributed by atoms with Crippen molar-refractivity contribution >= 4 is 76.4 Å². The van der Waals surface area contributed by atoms with Gasteiger partial charge in [0, 0.05) is 46.9 Å². The third kappa shape index (κ3) is 3.61. The smallest absolute Gasteiger partial charge is 0.171 e. The standard InChI is InChI=1S/C49H30NOPS/c51-52(32-14-2-1-3-15-32)44-26-10-7-22-39(44)49(38-21-6-9-25-43(38)50-42-24-8-4-16-34(42)36-19-13-23-40(49)47(36)50)41-30-31(28-29-45(41)52)33-18-12-20-37-35-17-5-11-27-46(35)53-48(33)37/h1-30H. The van der Waals surface area contributed by atoms with Gasteiger partial charge in [-0.3, -0.25) is 0 Å². The van der Waals surface area contributed by atoms with E-state index in [-0.39, 0.29) is 0 Å². The normalized spacial score (nSPS) is 18.4. The average molecular weight is 712 g/mol. The lowest BCUT2D eigenvalue weighted by molar-refractivity contribution is 0.590. The monoisotopic (exact) mass is 711 g/mol. The molecular formula is C49H30NOPS. The number of fused-ring (bicyclic) bond motifs is 14. The lowest BCUT2D eigenvalue weighted by Crippen LogP contribution is -2.48. The molecule has 8 aromatic carbocycles. The Kier molecular flexibility index (Phi) is 5.88. The second-order valence-corrected chi connectivity index (χ2v) is 18.0. The molecule has 0 saturated carbocycles. The third-order valence-corrected chi connectivity index (χ3v) is 16.3. The van der Waals surface area contributed by atoms with Crippen LogP contribution in [-0.4, -0.2) is 4.57 Å². The highest BCUT2D eigenvalue weighted by atomic mass is 32.1. The summed E-state index contributed by atoms with van der Waals surface area (Å²) < 4.78 is 21.4. The Bertz CT molecular complexity index is 3230. The maximum Gasteiger partial charge on any atom is 0.171 e. The molecule has 4 heterocycles. The van der Waals surface area contributed by atoms with Crippen LogP contribution in [0.3, 0.4) is 0 Å². The molecule has 0 fully saturated rings. The van der Waals surface area contributed by atoms with Gasteiger partial charge in [-0.15, -0.1) is 11.3 Å². The Morgan fingerprint density at radius 3 is 2.06 bits per heavy atom. The van der Waals surface area contributed by atoms with Crippen molar-refractivity contribution in [3.8, 4) is 16.8 Å². The van der Waals surface area contributed by atoms with Crippen molar-refractivity contribution in [2.24, 2.45) is 0 Å². The van der Waals surface area contributed by atoms with Crippen LogP contribution in [-0.2, 0) is 9.98 Å². The van der Waals surface area contributed by atoms with Gasteiger partial charge in [-0.1, -0.05) is 152 Å². The SMILES string of the molecule is O=P1(c2ccccc2)c2ccccc2C2(c3ccccc3-n3c4ccccc4c4cccc2c43)c2cc(-c3cccc4c3sc3ccccc34)ccc21. The molecule has 0 N–H and O–H groups in total. The van der Waals surface area contributed by atoms with Crippen LogP contribution in [0.25, 0.3) is 58.8 Å². The Hall–Kier alpha value is -5.99. The van der Waals surface area contributed by atoms with Gasteiger partial charge in [0.1, 0.15) is 0 Å². The van der Waals surface area contributed by atoms with Crippen LogP contribution in [0.15, 0.2) is 182 Å². The lowest BCUT2D eigenvalue weighted by Gasteiger charge is -2.47. The minimum absolute atomic E-state index is 0.737. The first-order valence-electron chi connectivity index (χ1n) is 18.1. The number of rotatable bonds is 2. The second-order valence-electron chi connectivity index (χ2n) is 14.3. The molecule has 0 radical (unpaired) electrons. The highest BCUT2D eigenvalue weighted by molar-refractivity contribution is 7.85. The minimum atomic E-state index is -3.33. The maximum absolute atomic E-state index is 16.4. The fourth-order valence-electron chi connectivity index (χ4n) is 9.79. The van der Waals surface area contributed by atoms with Crippen molar-refractivity contribution < 1.29 is 4.57 Å². The van der Waals surface area contributed by atoms with E-state index in [9.17, 15) is 0 Å². The van der Waals surface area contributed by atoms with Crippen LogP contribution in [0.2, 0.25) is 0 Å². The minimum Gasteiger partial charge on any atom is -0.309 e. The molecule has 0 saturated heterocycles. The summed E-state index contributed by atoms with van der Waals surface area (Å²) in [4.78, 5) is 0. The van der Waals surface area contributed by atoms with E-state index >= 15 is 4.57 Å². The summed E-state index contributed by atoms with van der Waals surface area (Å²) in [5.41, 5.74) is 9.76. The molecule has 53 heavy (non-hydrogen) atoms. The van der Waals surface area contributed by atoms with Crippen LogP contribution in [0.4, 0.5) is 0 Å². The Morgan fingerprint density at radius 1 is 0.491 bits per heavy atom. The quantitative estimate of drug-likeness (QED) is 0.164. The molecule has 2 nitrogen and oxygen atoms in total. The van der Waals surface area contributed by atoms with Crippen molar-refractivity contribution in [3.05, 3.63) is 204 Å². The predicted molar refractivity (Wildman–Crippen MR) is 224 cm³/mol. The van der Waals surface area contributed by atoms with E-state index in [1.54, 1.807) is 0 Å². The summed E-state index contributed by atoms with van der Waals surface area (Å²) in [6.07, 6.45) is 0. The van der Waals surface area contributed by atoms with Gasteiger partial charge in [0.05, 0.1) is 22.1 Å². The molecule has 1 spiro atoms. The number of nitrogens with zero attached hydrogens (tertiary/aromatic N) is 1. The fraction of sp³-hybridized carbons (Fsp3) is 0.0204. The van der Waals surface area contributed by atoms with Gasteiger partial charge in [-0.25, -0.2) is 0 Å². The fourth-order valence-corrected chi connectivity index (χ4v) is 14.2. The third-order valence-electron chi connectivity index (χ3n) is 11.9. The number of thiophene rings is 1. The van der Waals surface area contributed by atoms with Gasteiger partial charge < -0.3 is 9.13 Å². The number of para-hydroxylation sites is 3. The van der Waals surface area contributed by atoms with Gasteiger partial charge >= 0.3 is 0 Å². The van der Waals surface area contributed by atoms with E-state index in [2.05, 4.69) is 168 Å². The maximum atomic E-state index is 16.4. The van der Waals surface area contributed by atoms with Crippen molar-refractivity contribution in [3.63, 3.8) is 0 Å². The van der Waals surface area contributed by atoms with Crippen LogP contribution >= 0.6 is 18.5 Å². The molecule has 4 heteroatoms. The van der Waals surface area contributed by atoms with Crippen LogP contribution in [0.5, 0.6) is 0 Å². The molecule has 2 aliphatic heterocycles. The molecule has 2 aromatic heterocycles. The first-order valence-corrected chi connectivity index (χ1v) is 20.7. The summed E-state index contributed by atoms with van der Waals surface area (Å²) in [6, 6.07) is 65.4. The average Bonchev–Trinajstić information content (AvgIpc) is 3.78. The Morgan fingerprint density at radius 2 is 1.15 bits per heavy atom. The van der Waals surface area contributed by atoms with Gasteiger partial charge in [-0.2, -0.15) is 0 Å². The largest absolute Gasteiger partial charge is 0.309 e. The van der Waals surface area contributed by atoms with Gasteiger partial charge in [0.25, 0.3) is 0 Å². The molecule has 2 aliphatic rings. The zero-order valence-electron chi connectivity index (χ0n) is 28.5. The van der Waals surface area contributed by atoms with Gasteiger partial charge in [0.2, 0.25) is 0 Å². The van der Waals surface area contributed by atoms with E-state index in [4.69, 9.17) is 0 Å². The highest BCUT2D eigenvalue weighted by Crippen LogP contribution is 2.61. The molecule has 0 bridgehead atoms. The summed E-state index contributed by atoms with van der Waals surface area (Å²) in [5, 5.41) is 7.70. The first-order chi connectivity index (χ1) is 26.2. The zero-order valence-corrected chi connectivity index (χ0v) is 30.2. The van der Waals surface area contributed by atoms with Gasteiger partial charge in [0.15, 0.2) is 7.14 Å². The molecule has 2 unspecified atom stereocenters. The molecule has 248 valence electrons. The summed E-state index contributed by atoms with van der Waals surface area (Å²) >= 11 is 1.85. The number of hydrogen-bond donors (Lipinski definition) is 0. The predicted octanol–water partition coefficient (Wildman–Crippen LogP) is 11.5. The molecule has 12 rings (SSSR count). The number of hydrogen-bond acceptors (Lipinski definition) is 2. The van der Waals surface area contributed by atoms with Gasteiger partial charge in [-0.05, 0) is 63.7 Å². The van der Waals surface area contributed by atoms with E-state index in [0.29, 0.717) is 0 Å². The molecule has 0 aliphatic carbocycles. The van der Waals surface area contributed by atoms with E-state index in [1.807, 2.05) is 29.5 Å². The van der Waals surface area contributed by atoms with E-state index in [1.165, 1.54) is 58.7 Å². The summed E-state index contributed by atoms with van der Waals surface area (Å²) in [6.45, 7) is 0. The Labute approximate surface area is 310 Å². The van der Waals surface area contributed by atoms with Crippen LogP contribution in [0.1, 0.15) is 22.3 Å². The van der Waals surface area contributed by atoms with Crippen molar-refractivity contribution in [2.45, 2.75) is 5.41 Å². The zero-order chi connectivity index (χ0) is 34.9. The van der Waals surface area contributed by atoms with Crippen molar-refractivity contribution in [1.29, 1.82) is 0 Å². The summed E-state index contributed by atoms with van der Waals surface area (Å²) in [5.74, 6) is 0. The van der Waals surface area contributed by atoms with E-state index in [0.717, 1.165) is 38.3 Å². The van der Waals surface area contributed by atoms with E-state index < -0.39 is 12.6 Å². The van der Waals surface area contributed by atoms with Crippen molar-refractivity contribution in [2.75, 3.05) is 0 Å². The highest BCUT2D eigenvalue weighted by Gasteiger charge is 2.54. The second kappa shape index (κ2) is 10.5. The topological polar surface area (TPSA) is 22.0 Å². The molecule has 0 amide bonds. The Balaban J connectivity index is 1.29. The number of aromatic nitrogens is 1. The molecular weight excluding hydrogens is 682 g/mol. The summed E-state index contributed by atoms with van der Waals surface area (Å²) in [7, 11) is -3.33. The lowest BCUT2D eigenvalue weighted by atomic mass is 9.62. The number of benzene rings is 8. The van der Waals surface area contributed by atoms with Crippen LogP contribution < -0.4 is 15.9 Å². The molecule has 10 aromatic rings. The van der Waals surface area contributed by atoms with Crippen LogP contribution in [0, 0.1) is 0 Å².